The van der Waals surface area contributed by atoms with Gasteiger partial charge in [-0.2, -0.15) is 0 Å². The minimum absolute atomic E-state index is 0.287. The van der Waals surface area contributed by atoms with E-state index in [1.807, 2.05) is 0 Å². The zero-order chi connectivity index (χ0) is 13.8. The van der Waals surface area contributed by atoms with Crippen LogP contribution in [0.15, 0.2) is 12.4 Å². The van der Waals surface area contributed by atoms with Crippen molar-refractivity contribution in [2.45, 2.75) is 25.8 Å². The van der Waals surface area contributed by atoms with Gasteiger partial charge in [-0.15, -0.1) is 0 Å². The zero-order valence-corrected chi connectivity index (χ0v) is 12.4. The van der Waals surface area contributed by atoms with Crippen molar-refractivity contribution >= 4 is 23.0 Å². The summed E-state index contributed by atoms with van der Waals surface area (Å²) in [5.41, 5.74) is 6.09. The van der Waals surface area contributed by atoms with Gasteiger partial charge in [-0.1, -0.05) is 19.1 Å². The highest BCUT2D eigenvalue weighted by molar-refractivity contribution is 7.80. The lowest BCUT2D eigenvalue weighted by Crippen LogP contribution is -2.39. The first-order chi connectivity index (χ1) is 9.11. The highest BCUT2D eigenvalue weighted by Gasteiger charge is 2.24. The Balaban J connectivity index is 1.99. The van der Waals surface area contributed by atoms with Crippen LogP contribution in [0.25, 0.3) is 0 Å². The molecule has 0 aliphatic carbocycles. The molecule has 1 fully saturated rings. The predicted molar refractivity (Wildman–Crippen MR) is 81.5 cm³/mol. The van der Waals surface area contributed by atoms with Crippen LogP contribution in [-0.4, -0.2) is 52.6 Å². The molecule has 1 aliphatic rings. The summed E-state index contributed by atoms with van der Waals surface area (Å²) in [7, 11) is 2.05. The Hall–Kier alpha value is -1.27. The molecule has 1 aromatic heterocycles. The summed E-state index contributed by atoms with van der Waals surface area (Å²) < 4.78 is 0. The largest absolute Gasteiger partial charge is 0.388 e. The van der Waals surface area contributed by atoms with Crippen LogP contribution >= 0.6 is 12.2 Å². The Morgan fingerprint density at radius 1 is 1.53 bits per heavy atom. The smallest absolute Gasteiger partial charge is 0.146 e. The number of anilines is 1. The van der Waals surface area contributed by atoms with Crippen molar-refractivity contribution in [3.8, 4) is 0 Å². The monoisotopic (exact) mass is 279 g/mol. The SMILES string of the molecule is CCN1CCCC1CN(C)c1cnc(C(N)=S)cn1. The first-order valence-electron chi connectivity index (χ1n) is 6.69. The maximum Gasteiger partial charge on any atom is 0.146 e. The summed E-state index contributed by atoms with van der Waals surface area (Å²) in [4.78, 5) is 13.6. The van der Waals surface area contributed by atoms with Crippen LogP contribution in [0.4, 0.5) is 5.82 Å². The van der Waals surface area contributed by atoms with Crippen LogP contribution in [0.3, 0.4) is 0 Å². The fourth-order valence-electron chi connectivity index (χ4n) is 2.57. The highest BCUT2D eigenvalue weighted by Crippen LogP contribution is 2.19. The van der Waals surface area contributed by atoms with E-state index in [0.29, 0.717) is 11.7 Å². The molecule has 0 bridgehead atoms. The number of hydrogen-bond acceptors (Lipinski definition) is 5. The van der Waals surface area contributed by atoms with Crippen LogP contribution in [0.1, 0.15) is 25.5 Å². The van der Waals surface area contributed by atoms with Crippen LogP contribution in [-0.2, 0) is 0 Å². The summed E-state index contributed by atoms with van der Waals surface area (Å²) in [5, 5.41) is 0. The van der Waals surface area contributed by atoms with Crippen molar-refractivity contribution in [3.63, 3.8) is 0 Å². The number of aromatic nitrogens is 2. The second-order valence-electron chi connectivity index (χ2n) is 4.93. The molecule has 0 saturated carbocycles. The average molecular weight is 279 g/mol. The van der Waals surface area contributed by atoms with Gasteiger partial charge in [-0.3, -0.25) is 4.90 Å². The molecule has 1 aromatic rings. The fraction of sp³-hybridized carbons (Fsp3) is 0.615. The van der Waals surface area contributed by atoms with Gasteiger partial charge in [-0.05, 0) is 25.9 Å². The van der Waals surface area contributed by atoms with Crippen LogP contribution in [0, 0.1) is 0 Å². The summed E-state index contributed by atoms with van der Waals surface area (Å²) in [5.74, 6) is 0.864. The summed E-state index contributed by atoms with van der Waals surface area (Å²) in [6.07, 6.45) is 5.93. The first-order valence-corrected chi connectivity index (χ1v) is 7.09. The number of nitrogens with zero attached hydrogens (tertiary/aromatic N) is 4. The second kappa shape index (κ2) is 6.25. The minimum atomic E-state index is 0.287. The molecule has 19 heavy (non-hydrogen) atoms. The number of likely N-dealkylation sites (N-methyl/N-ethyl adjacent to an activating group) is 2. The number of likely N-dealkylation sites (tertiary alicyclic amines) is 1. The van der Waals surface area contributed by atoms with Crippen molar-refractivity contribution in [1.29, 1.82) is 0 Å². The molecule has 0 radical (unpaired) electrons. The normalized spacial score (nSPS) is 19.6. The third-order valence-corrected chi connectivity index (χ3v) is 3.88. The van der Waals surface area contributed by atoms with E-state index in [0.717, 1.165) is 18.9 Å². The van der Waals surface area contributed by atoms with Gasteiger partial charge in [0.2, 0.25) is 0 Å². The maximum absolute atomic E-state index is 5.52. The molecule has 1 atom stereocenters. The van der Waals surface area contributed by atoms with Crippen molar-refractivity contribution in [2.75, 3.05) is 31.6 Å². The van der Waals surface area contributed by atoms with E-state index < -0.39 is 0 Å². The molecular weight excluding hydrogens is 258 g/mol. The number of rotatable bonds is 5. The second-order valence-corrected chi connectivity index (χ2v) is 5.37. The topological polar surface area (TPSA) is 58.3 Å². The molecule has 2 N–H and O–H groups in total. The number of hydrogen-bond donors (Lipinski definition) is 1. The molecular formula is C13H21N5S. The minimum Gasteiger partial charge on any atom is -0.388 e. The maximum atomic E-state index is 5.52. The molecule has 0 amide bonds. The lowest BCUT2D eigenvalue weighted by atomic mass is 10.2. The third kappa shape index (κ3) is 3.39. The zero-order valence-electron chi connectivity index (χ0n) is 11.5. The van der Waals surface area contributed by atoms with Gasteiger partial charge < -0.3 is 10.6 Å². The molecule has 0 spiro atoms. The Bertz CT molecular complexity index is 433. The van der Waals surface area contributed by atoms with Gasteiger partial charge >= 0.3 is 0 Å². The van der Waals surface area contributed by atoms with Crippen LogP contribution < -0.4 is 10.6 Å². The molecule has 0 aromatic carbocycles. The van der Waals surface area contributed by atoms with E-state index in [9.17, 15) is 0 Å². The Kier molecular flexibility index (Phi) is 4.66. The number of thiocarbonyl (C=S) groups is 1. The lowest BCUT2D eigenvalue weighted by molar-refractivity contribution is 0.270. The summed E-state index contributed by atoms with van der Waals surface area (Å²) in [6.45, 7) is 5.52. The molecule has 6 heteroatoms. The van der Waals surface area contributed by atoms with Gasteiger partial charge in [0.15, 0.2) is 0 Å². The van der Waals surface area contributed by atoms with Crippen molar-refractivity contribution in [1.82, 2.24) is 14.9 Å². The van der Waals surface area contributed by atoms with Gasteiger partial charge in [0, 0.05) is 19.6 Å². The Labute approximate surface area is 119 Å². The predicted octanol–water partition coefficient (Wildman–Crippen LogP) is 1.03. The molecule has 2 heterocycles. The molecule has 1 unspecified atom stereocenters. The molecule has 104 valence electrons. The van der Waals surface area contributed by atoms with Gasteiger partial charge in [0.25, 0.3) is 0 Å². The third-order valence-electron chi connectivity index (χ3n) is 3.67. The Morgan fingerprint density at radius 2 is 2.32 bits per heavy atom. The molecule has 5 nitrogen and oxygen atoms in total. The van der Waals surface area contributed by atoms with E-state index in [1.165, 1.54) is 19.4 Å². The quantitative estimate of drug-likeness (QED) is 0.813. The van der Waals surface area contributed by atoms with Gasteiger partial charge in [0.1, 0.15) is 16.5 Å². The van der Waals surface area contributed by atoms with Crippen molar-refractivity contribution < 1.29 is 0 Å². The first kappa shape index (κ1) is 14.1. The Morgan fingerprint density at radius 3 is 2.89 bits per heavy atom. The number of nitrogens with two attached hydrogens (primary N) is 1. The summed E-state index contributed by atoms with van der Waals surface area (Å²) >= 11 is 4.87. The van der Waals surface area contributed by atoms with E-state index in [-0.39, 0.29) is 4.99 Å². The lowest BCUT2D eigenvalue weighted by Gasteiger charge is -2.28. The van der Waals surface area contributed by atoms with E-state index in [1.54, 1.807) is 12.4 Å². The van der Waals surface area contributed by atoms with Gasteiger partial charge in [0.05, 0.1) is 12.4 Å². The molecule has 1 aliphatic heterocycles. The molecule has 2 rings (SSSR count). The van der Waals surface area contributed by atoms with Gasteiger partial charge in [-0.25, -0.2) is 9.97 Å². The van der Waals surface area contributed by atoms with E-state index in [4.69, 9.17) is 18.0 Å². The van der Waals surface area contributed by atoms with Crippen molar-refractivity contribution in [3.05, 3.63) is 18.1 Å². The highest BCUT2D eigenvalue weighted by atomic mass is 32.1. The average Bonchev–Trinajstić information content (AvgIpc) is 2.86. The van der Waals surface area contributed by atoms with E-state index in [2.05, 4.69) is 33.7 Å². The van der Waals surface area contributed by atoms with Crippen LogP contribution in [0.2, 0.25) is 0 Å². The fourth-order valence-corrected chi connectivity index (χ4v) is 2.68. The van der Waals surface area contributed by atoms with Crippen LogP contribution in [0.5, 0.6) is 0 Å². The molecule has 1 saturated heterocycles. The van der Waals surface area contributed by atoms with Crippen molar-refractivity contribution in [2.24, 2.45) is 5.73 Å². The summed E-state index contributed by atoms with van der Waals surface area (Å²) in [6, 6.07) is 0.618. The van der Waals surface area contributed by atoms with E-state index >= 15 is 0 Å². The standard InChI is InChI=1S/C13H21N5S/c1-3-18-6-4-5-10(18)9-17(2)12-8-15-11(7-16-12)13(14)19/h7-8,10H,3-6,9H2,1-2H3,(H2,14,19).